The van der Waals surface area contributed by atoms with E-state index in [1.807, 2.05) is 48.7 Å². The monoisotopic (exact) mass is 313 g/mol. The summed E-state index contributed by atoms with van der Waals surface area (Å²) in [6.07, 6.45) is 0. The third kappa shape index (κ3) is 3.35. The van der Waals surface area contributed by atoms with Crippen molar-refractivity contribution in [2.75, 3.05) is 10.6 Å². The minimum atomic E-state index is -0.110. The molecular weight excluding hydrogens is 298 g/mol. The van der Waals surface area contributed by atoms with E-state index >= 15 is 0 Å². The fourth-order valence-electron chi connectivity index (χ4n) is 2.02. The first-order chi connectivity index (χ1) is 10.7. The van der Waals surface area contributed by atoms with Crippen molar-refractivity contribution < 1.29 is 9.32 Å². The van der Waals surface area contributed by atoms with Crippen LogP contribution in [-0.2, 0) is 6.54 Å². The van der Waals surface area contributed by atoms with E-state index in [9.17, 15) is 4.79 Å². The molecule has 112 valence electrons. The molecule has 0 saturated carbocycles. The van der Waals surface area contributed by atoms with Crippen molar-refractivity contribution >= 4 is 28.6 Å². The third-order valence-electron chi connectivity index (χ3n) is 3.06. The fourth-order valence-corrected chi connectivity index (χ4v) is 2.64. The smallest absolute Gasteiger partial charge is 0.265 e. The molecule has 3 rings (SSSR count). The first-order valence-corrected chi connectivity index (χ1v) is 7.70. The molecule has 5 nitrogen and oxygen atoms in total. The van der Waals surface area contributed by atoms with E-state index < -0.39 is 0 Å². The number of hydrogen-bond acceptors (Lipinski definition) is 5. The molecule has 1 amide bonds. The zero-order valence-electron chi connectivity index (χ0n) is 12.0. The van der Waals surface area contributed by atoms with E-state index in [4.69, 9.17) is 4.52 Å². The van der Waals surface area contributed by atoms with Gasteiger partial charge in [0.25, 0.3) is 5.91 Å². The van der Waals surface area contributed by atoms with Crippen LogP contribution in [0.25, 0.3) is 0 Å². The minimum absolute atomic E-state index is 0.110. The van der Waals surface area contributed by atoms with Gasteiger partial charge in [-0.25, -0.2) is 0 Å². The van der Waals surface area contributed by atoms with Gasteiger partial charge in [-0.05, 0) is 30.5 Å². The van der Waals surface area contributed by atoms with Crippen LogP contribution < -0.4 is 10.6 Å². The second kappa shape index (κ2) is 6.44. The molecule has 0 radical (unpaired) electrons. The van der Waals surface area contributed by atoms with Crippen LogP contribution in [0.15, 0.2) is 52.4 Å². The number of rotatable bonds is 5. The largest absolute Gasteiger partial charge is 0.378 e. The summed E-state index contributed by atoms with van der Waals surface area (Å²) in [4.78, 5) is 12.8. The molecule has 0 atom stereocenters. The van der Waals surface area contributed by atoms with Crippen LogP contribution in [0.5, 0.6) is 0 Å². The molecule has 3 aromatic rings. The number of nitrogens with zero attached hydrogens (tertiary/aromatic N) is 1. The molecule has 0 bridgehead atoms. The van der Waals surface area contributed by atoms with Gasteiger partial charge in [0.1, 0.15) is 11.5 Å². The molecule has 2 aromatic heterocycles. The Hall–Kier alpha value is -2.60. The Bertz CT molecular complexity index is 765. The molecule has 0 aliphatic carbocycles. The molecule has 0 unspecified atom stereocenters. The number of para-hydroxylation sites is 2. The number of aryl methyl sites for hydroxylation is 1. The first-order valence-electron chi connectivity index (χ1n) is 6.82. The minimum Gasteiger partial charge on any atom is -0.378 e. The summed E-state index contributed by atoms with van der Waals surface area (Å²) >= 11 is 1.41. The Labute approximate surface area is 132 Å². The molecule has 22 heavy (non-hydrogen) atoms. The molecule has 2 N–H and O–H groups in total. The third-order valence-corrected chi connectivity index (χ3v) is 3.93. The zero-order valence-corrected chi connectivity index (χ0v) is 12.8. The Morgan fingerprint density at radius 3 is 2.73 bits per heavy atom. The summed E-state index contributed by atoms with van der Waals surface area (Å²) in [5, 5.41) is 12.0. The lowest BCUT2D eigenvalue weighted by Crippen LogP contribution is -2.12. The normalized spacial score (nSPS) is 10.4. The van der Waals surface area contributed by atoms with Gasteiger partial charge >= 0.3 is 0 Å². The Balaban J connectivity index is 1.71. The van der Waals surface area contributed by atoms with Gasteiger partial charge in [-0.2, -0.15) is 0 Å². The molecule has 6 heteroatoms. The van der Waals surface area contributed by atoms with Crippen molar-refractivity contribution in [3.8, 4) is 0 Å². The van der Waals surface area contributed by atoms with Crippen molar-refractivity contribution in [2.24, 2.45) is 0 Å². The van der Waals surface area contributed by atoms with E-state index in [2.05, 4.69) is 15.8 Å². The first kappa shape index (κ1) is 14.3. The van der Waals surface area contributed by atoms with Crippen molar-refractivity contribution in [1.82, 2.24) is 5.16 Å². The predicted octanol–water partition coefficient (Wildman–Crippen LogP) is 3.91. The number of carbonyl (C=O) groups is 1. The van der Waals surface area contributed by atoms with Crippen LogP contribution in [0, 0.1) is 6.92 Å². The van der Waals surface area contributed by atoms with E-state index in [0.29, 0.717) is 11.4 Å². The summed E-state index contributed by atoms with van der Waals surface area (Å²) in [6, 6.07) is 13.1. The number of nitrogens with one attached hydrogen (secondary N) is 2. The van der Waals surface area contributed by atoms with E-state index in [-0.39, 0.29) is 5.91 Å². The van der Waals surface area contributed by atoms with Crippen molar-refractivity contribution in [3.05, 3.63) is 64.2 Å². The van der Waals surface area contributed by atoms with Gasteiger partial charge in [0.05, 0.1) is 22.8 Å². The number of hydrogen-bond donors (Lipinski definition) is 2. The van der Waals surface area contributed by atoms with Gasteiger partial charge in [0.2, 0.25) is 0 Å². The summed E-state index contributed by atoms with van der Waals surface area (Å²) in [6.45, 7) is 2.38. The topological polar surface area (TPSA) is 67.2 Å². The maximum Gasteiger partial charge on any atom is 0.265 e. The van der Waals surface area contributed by atoms with E-state index in [1.54, 1.807) is 6.07 Å². The van der Waals surface area contributed by atoms with Crippen LogP contribution in [-0.4, -0.2) is 11.1 Å². The zero-order chi connectivity index (χ0) is 15.4. The Morgan fingerprint density at radius 2 is 2.05 bits per heavy atom. The number of anilines is 2. The molecule has 0 aliphatic heterocycles. The maximum atomic E-state index is 12.1. The average Bonchev–Trinajstić information content (AvgIpc) is 3.18. The summed E-state index contributed by atoms with van der Waals surface area (Å²) < 4.78 is 5.04. The van der Waals surface area contributed by atoms with Gasteiger partial charge in [0, 0.05) is 6.07 Å². The Morgan fingerprint density at radius 1 is 1.23 bits per heavy atom. The summed E-state index contributed by atoms with van der Waals surface area (Å²) in [5.41, 5.74) is 2.39. The van der Waals surface area contributed by atoms with Gasteiger partial charge in [-0.3, -0.25) is 4.79 Å². The van der Waals surface area contributed by atoms with Crippen molar-refractivity contribution in [3.63, 3.8) is 0 Å². The number of carbonyl (C=O) groups excluding carboxylic acids is 1. The standard InChI is InChI=1S/C16H15N3O2S/c1-11-9-12(19-21-11)10-17-13-5-2-3-6-14(13)18-16(20)15-7-4-8-22-15/h2-9,17H,10H2,1H3,(H,18,20). The SMILES string of the molecule is Cc1cc(CNc2ccccc2NC(=O)c2cccs2)no1. The number of aromatic nitrogens is 1. The van der Waals surface area contributed by atoms with Gasteiger partial charge < -0.3 is 15.2 Å². The fraction of sp³-hybridized carbons (Fsp3) is 0.125. The van der Waals surface area contributed by atoms with Crippen molar-refractivity contribution in [1.29, 1.82) is 0 Å². The van der Waals surface area contributed by atoms with Crippen LogP contribution >= 0.6 is 11.3 Å². The lowest BCUT2D eigenvalue weighted by Gasteiger charge is -2.11. The van der Waals surface area contributed by atoms with E-state index in [0.717, 1.165) is 22.8 Å². The predicted molar refractivity (Wildman–Crippen MR) is 87.3 cm³/mol. The van der Waals surface area contributed by atoms with Crippen molar-refractivity contribution in [2.45, 2.75) is 13.5 Å². The molecular formula is C16H15N3O2S. The molecule has 0 aliphatic rings. The molecule has 1 aromatic carbocycles. The van der Waals surface area contributed by atoms with Crippen LogP contribution in [0.4, 0.5) is 11.4 Å². The highest BCUT2D eigenvalue weighted by molar-refractivity contribution is 7.12. The van der Waals surface area contributed by atoms with Crippen LogP contribution in [0.3, 0.4) is 0 Å². The summed E-state index contributed by atoms with van der Waals surface area (Å²) in [5.74, 6) is 0.664. The highest BCUT2D eigenvalue weighted by Crippen LogP contribution is 2.23. The number of amides is 1. The average molecular weight is 313 g/mol. The van der Waals surface area contributed by atoms with E-state index in [1.165, 1.54) is 11.3 Å². The number of thiophene rings is 1. The van der Waals surface area contributed by atoms with Crippen LogP contribution in [0.1, 0.15) is 21.1 Å². The van der Waals surface area contributed by atoms with Crippen LogP contribution in [0.2, 0.25) is 0 Å². The number of benzene rings is 1. The Kier molecular flexibility index (Phi) is 4.20. The maximum absolute atomic E-state index is 12.1. The lowest BCUT2D eigenvalue weighted by molar-refractivity contribution is 0.103. The highest BCUT2D eigenvalue weighted by Gasteiger charge is 2.10. The summed E-state index contributed by atoms with van der Waals surface area (Å²) in [7, 11) is 0. The van der Waals surface area contributed by atoms with Gasteiger partial charge in [0.15, 0.2) is 0 Å². The van der Waals surface area contributed by atoms with Gasteiger partial charge in [-0.15, -0.1) is 11.3 Å². The molecule has 2 heterocycles. The molecule has 0 fully saturated rings. The second-order valence-electron chi connectivity index (χ2n) is 4.76. The molecule has 0 spiro atoms. The highest BCUT2D eigenvalue weighted by atomic mass is 32.1. The molecule has 0 saturated heterocycles. The van der Waals surface area contributed by atoms with Gasteiger partial charge in [-0.1, -0.05) is 23.4 Å². The lowest BCUT2D eigenvalue weighted by atomic mass is 10.2. The second-order valence-corrected chi connectivity index (χ2v) is 5.71. The quantitative estimate of drug-likeness (QED) is 0.749.